The first-order chi connectivity index (χ1) is 8.21. The van der Waals surface area contributed by atoms with Crippen LogP contribution in [0.4, 0.5) is 0 Å². The topological polar surface area (TPSA) is 32.3 Å². The van der Waals surface area contributed by atoms with Gasteiger partial charge in [-0.3, -0.25) is 4.79 Å². The minimum atomic E-state index is 0.116. The minimum absolute atomic E-state index is 0.116. The molecule has 0 unspecified atom stereocenters. The van der Waals surface area contributed by atoms with Gasteiger partial charge in [-0.05, 0) is 37.6 Å². The molecule has 0 saturated carbocycles. The van der Waals surface area contributed by atoms with Gasteiger partial charge in [0.2, 0.25) is 5.91 Å². The lowest BCUT2D eigenvalue weighted by Gasteiger charge is -2.41. The molecule has 0 aromatic carbocycles. The summed E-state index contributed by atoms with van der Waals surface area (Å²) in [6.07, 6.45) is 7.08. The average Bonchev–Trinajstić information content (AvgIpc) is 2.92. The zero-order valence-corrected chi connectivity index (χ0v) is 11.3. The van der Waals surface area contributed by atoms with E-state index in [0.717, 1.165) is 32.5 Å². The summed E-state index contributed by atoms with van der Waals surface area (Å²) >= 11 is 0. The Hall–Kier alpha value is -0.570. The van der Waals surface area contributed by atoms with Gasteiger partial charge in [-0.1, -0.05) is 26.7 Å². The largest absolute Gasteiger partial charge is 0.341 e. The maximum atomic E-state index is 12.3. The van der Waals surface area contributed by atoms with Crippen LogP contribution in [-0.2, 0) is 4.79 Å². The lowest BCUT2D eigenvalue weighted by Crippen LogP contribution is -2.49. The zero-order chi connectivity index (χ0) is 12.3. The van der Waals surface area contributed by atoms with Crippen LogP contribution in [0.2, 0.25) is 0 Å². The van der Waals surface area contributed by atoms with Crippen molar-refractivity contribution in [2.24, 2.45) is 5.41 Å². The fourth-order valence-electron chi connectivity index (χ4n) is 3.27. The minimum Gasteiger partial charge on any atom is -0.341 e. The number of nitrogens with zero attached hydrogens (tertiary/aromatic N) is 1. The van der Waals surface area contributed by atoms with E-state index in [1.807, 2.05) is 0 Å². The predicted octanol–water partition coefficient (Wildman–Crippen LogP) is 2.17. The number of hydrogen-bond acceptors (Lipinski definition) is 2. The van der Waals surface area contributed by atoms with Crippen molar-refractivity contribution in [1.29, 1.82) is 0 Å². The predicted molar refractivity (Wildman–Crippen MR) is 69.9 cm³/mol. The summed E-state index contributed by atoms with van der Waals surface area (Å²) in [7, 11) is 0. The summed E-state index contributed by atoms with van der Waals surface area (Å²) in [5, 5.41) is 3.31. The quantitative estimate of drug-likeness (QED) is 0.817. The standard InChI is InChI=1S/C14H26N2O/c1-3-14(4-2)7-10-16(11-8-14)13(17)12-6-5-9-15-12/h12,15H,3-11H2,1-2H3/t12-/m1/s1. The number of hydrogen-bond donors (Lipinski definition) is 1. The third kappa shape index (κ3) is 2.65. The van der Waals surface area contributed by atoms with Gasteiger partial charge < -0.3 is 10.2 Å². The fraction of sp³-hybridized carbons (Fsp3) is 0.929. The first kappa shape index (κ1) is 12.9. The van der Waals surface area contributed by atoms with Gasteiger partial charge in [0, 0.05) is 13.1 Å². The molecule has 0 bridgehead atoms. The molecule has 17 heavy (non-hydrogen) atoms. The Morgan fingerprint density at radius 3 is 2.41 bits per heavy atom. The molecule has 2 aliphatic heterocycles. The van der Waals surface area contributed by atoms with Crippen LogP contribution in [0.25, 0.3) is 0 Å². The number of likely N-dealkylation sites (tertiary alicyclic amines) is 1. The SMILES string of the molecule is CCC1(CC)CCN(C(=O)[C@H]2CCCN2)CC1. The Kier molecular flexibility index (Phi) is 4.08. The fourth-order valence-corrected chi connectivity index (χ4v) is 3.27. The van der Waals surface area contributed by atoms with Gasteiger partial charge in [0.25, 0.3) is 0 Å². The summed E-state index contributed by atoms with van der Waals surface area (Å²) in [5.41, 5.74) is 0.514. The Morgan fingerprint density at radius 1 is 1.29 bits per heavy atom. The highest BCUT2D eigenvalue weighted by Gasteiger charge is 2.35. The van der Waals surface area contributed by atoms with E-state index < -0.39 is 0 Å². The molecule has 1 amide bonds. The second-order valence-corrected chi connectivity index (χ2v) is 5.68. The van der Waals surface area contributed by atoms with Gasteiger partial charge in [0.15, 0.2) is 0 Å². The maximum absolute atomic E-state index is 12.3. The molecule has 0 aliphatic carbocycles. The number of amides is 1. The van der Waals surface area contributed by atoms with E-state index in [2.05, 4.69) is 24.1 Å². The maximum Gasteiger partial charge on any atom is 0.239 e. The molecule has 98 valence electrons. The van der Waals surface area contributed by atoms with Crippen molar-refractivity contribution in [3.8, 4) is 0 Å². The molecular weight excluding hydrogens is 212 g/mol. The highest BCUT2D eigenvalue weighted by atomic mass is 16.2. The van der Waals surface area contributed by atoms with Gasteiger partial charge in [0.1, 0.15) is 0 Å². The summed E-state index contributed by atoms with van der Waals surface area (Å²) in [6, 6.07) is 0.116. The summed E-state index contributed by atoms with van der Waals surface area (Å²) in [6.45, 7) is 7.54. The van der Waals surface area contributed by atoms with Crippen LogP contribution in [0.15, 0.2) is 0 Å². The number of carbonyl (C=O) groups excluding carboxylic acids is 1. The Labute approximate surface area is 105 Å². The molecule has 0 spiro atoms. The Bertz CT molecular complexity index is 257. The Balaban J connectivity index is 1.87. The van der Waals surface area contributed by atoms with Crippen molar-refractivity contribution in [3.05, 3.63) is 0 Å². The molecule has 2 heterocycles. The molecule has 0 aromatic rings. The van der Waals surface area contributed by atoms with E-state index in [1.165, 1.54) is 25.7 Å². The normalized spacial score (nSPS) is 28.4. The highest BCUT2D eigenvalue weighted by molar-refractivity contribution is 5.82. The van der Waals surface area contributed by atoms with Gasteiger partial charge in [-0.25, -0.2) is 0 Å². The van der Waals surface area contributed by atoms with E-state index in [9.17, 15) is 4.79 Å². The van der Waals surface area contributed by atoms with E-state index in [4.69, 9.17) is 0 Å². The first-order valence-corrected chi connectivity index (χ1v) is 7.23. The summed E-state index contributed by atoms with van der Waals surface area (Å²) in [4.78, 5) is 14.3. The second-order valence-electron chi connectivity index (χ2n) is 5.68. The van der Waals surface area contributed by atoms with E-state index >= 15 is 0 Å². The smallest absolute Gasteiger partial charge is 0.239 e. The van der Waals surface area contributed by atoms with Crippen molar-refractivity contribution >= 4 is 5.91 Å². The van der Waals surface area contributed by atoms with Crippen molar-refractivity contribution in [2.75, 3.05) is 19.6 Å². The van der Waals surface area contributed by atoms with Gasteiger partial charge in [-0.15, -0.1) is 0 Å². The third-order valence-electron chi connectivity index (χ3n) is 4.99. The molecule has 1 atom stereocenters. The van der Waals surface area contributed by atoms with E-state index in [0.29, 0.717) is 11.3 Å². The van der Waals surface area contributed by atoms with Gasteiger partial charge >= 0.3 is 0 Å². The van der Waals surface area contributed by atoms with Crippen LogP contribution < -0.4 is 5.32 Å². The molecule has 2 aliphatic rings. The van der Waals surface area contributed by atoms with Crippen LogP contribution in [0, 0.1) is 5.41 Å². The van der Waals surface area contributed by atoms with Crippen LogP contribution in [0.3, 0.4) is 0 Å². The van der Waals surface area contributed by atoms with E-state index in [1.54, 1.807) is 0 Å². The molecule has 2 rings (SSSR count). The van der Waals surface area contributed by atoms with E-state index in [-0.39, 0.29) is 6.04 Å². The first-order valence-electron chi connectivity index (χ1n) is 7.23. The van der Waals surface area contributed by atoms with Crippen molar-refractivity contribution in [2.45, 2.75) is 58.4 Å². The number of piperidine rings is 1. The average molecular weight is 238 g/mol. The number of rotatable bonds is 3. The second kappa shape index (κ2) is 5.38. The van der Waals surface area contributed by atoms with Crippen LogP contribution >= 0.6 is 0 Å². The molecule has 2 fully saturated rings. The molecule has 2 saturated heterocycles. The van der Waals surface area contributed by atoms with Crippen molar-refractivity contribution < 1.29 is 4.79 Å². The third-order valence-corrected chi connectivity index (χ3v) is 4.99. The number of nitrogens with one attached hydrogen (secondary N) is 1. The molecule has 3 nitrogen and oxygen atoms in total. The molecule has 3 heteroatoms. The van der Waals surface area contributed by atoms with Crippen molar-refractivity contribution in [3.63, 3.8) is 0 Å². The van der Waals surface area contributed by atoms with Gasteiger partial charge in [-0.2, -0.15) is 0 Å². The molecule has 0 aromatic heterocycles. The lowest BCUT2D eigenvalue weighted by atomic mass is 9.74. The molecular formula is C14H26N2O. The highest BCUT2D eigenvalue weighted by Crippen LogP contribution is 2.38. The lowest BCUT2D eigenvalue weighted by molar-refractivity contribution is -0.135. The number of carbonyl (C=O) groups is 1. The Morgan fingerprint density at radius 2 is 1.94 bits per heavy atom. The monoisotopic (exact) mass is 238 g/mol. The van der Waals surface area contributed by atoms with Gasteiger partial charge in [0.05, 0.1) is 6.04 Å². The van der Waals surface area contributed by atoms with Crippen LogP contribution in [-0.4, -0.2) is 36.5 Å². The summed E-state index contributed by atoms with van der Waals surface area (Å²) < 4.78 is 0. The molecule has 1 N–H and O–H groups in total. The van der Waals surface area contributed by atoms with Crippen LogP contribution in [0.5, 0.6) is 0 Å². The molecule has 0 radical (unpaired) electrons. The van der Waals surface area contributed by atoms with Crippen molar-refractivity contribution in [1.82, 2.24) is 10.2 Å². The zero-order valence-electron chi connectivity index (χ0n) is 11.3. The summed E-state index contributed by atoms with van der Waals surface area (Å²) in [5.74, 6) is 0.350. The van der Waals surface area contributed by atoms with Crippen LogP contribution in [0.1, 0.15) is 52.4 Å².